The van der Waals surface area contributed by atoms with Crippen LogP contribution >= 0.6 is 0 Å². The molecule has 0 heterocycles. The van der Waals surface area contributed by atoms with E-state index in [0.717, 1.165) is 18.2 Å². The van der Waals surface area contributed by atoms with Crippen molar-refractivity contribution < 1.29 is 27.5 Å². The lowest BCUT2D eigenvalue weighted by Gasteiger charge is -2.29. The van der Waals surface area contributed by atoms with Crippen LogP contribution in [0, 0.1) is 0 Å². The fourth-order valence-electron chi connectivity index (χ4n) is 3.76. The van der Waals surface area contributed by atoms with Crippen LogP contribution in [0.1, 0.15) is 38.7 Å². The average Bonchev–Trinajstić information content (AvgIpc) is 2.87. The van der Waals surface area contributed by atoms with Crippen LogP contribution in [-0.4, -0.2) is 64.7 Å². The molecule has 10 heteroatoms. The van der Waals surface area contributed by atoms with Gasteiger partial charge in [0.25, 0.3) is 0 Å². The number of carbonyl (C=O) groups is 2. The number of carbonyl (C=O) groups excluding carboxylic acids is 2. The molecule has 0 unspecified atom stereocenters. The second-order valence-corrected chi connectivity index (χ2v) is 10.4. The highest BCUT2D eigenvalue weighted by Crippen LogP contribution is 2.29. The Bertz CT molecular complexity index is 1120. The zero-order valence-corrected chi connectivity index (χ0v) is 22.5. The van der Waals surface area contributed by atoms with E-state index in [4.69, 9.17) is 9.47 Å². The van der Waals surface area contributed by atoms with Gasteiger partial charge in [0.2, 0.25) is 21.8 Å². The van der Waals surface area contributed by atoms with E-state index in [2.05, 4.69) is 5.32 Å². The van der Waals surface area contributed by atoms with Crippen LogP contribution in [0.5, 0.6) is 11.5 Å². The smallest absolute Gasteiger partial charge is 0.242 e. The summed E-state index contributed by atoms with van der Waals surface area (Å²) in [5.41, 5.74) is 1.24. The summed E-state index contributed by atoms with van der Waals surface area (Å²) in [5.74, 6) is 0.601. The van der Waals surface area contributed by atoms with Gasteiger partial charge < -0.3 is 19.7 Å². The molecule has 0 saturated heterocycles. The first kappa shape index (κ1) is 29.0. The summed E-state index contributed by atoms with van der Waals surface area (Å²) in [6.45, 7) is 4.49. The summed E-state index contributed by atoms with van der Waals surface area (Å²) in [6.07, 6.45) is 2.24. The Balaban J connectivity index is 2.20. The summed E-state index contributed by atoms with van der Waals surface area (Å²) in [4.78, 5) is 27.6. The van der Waals surface area contributed by atoms with Crippen LogP contribution in [0.15, 0.2) is 48.5 Å². The number of sulfonamides is 1. The number of benzene rings is 2. The van der Waals surface area contributed by atoms with Crippen LogP contribution in [0.2, 0.25) is 0 Å². The summed E-state index contributed by atoms with van der Waals surface area (Å²) in [5, 5.41) is 2.85. The Morgan fingerprint density at radius 2 is 1.78 bits per heavy atom. The number of methoxy groups -OCH3 is 2. The molecule has 1 N–H and O–H groups in total. The Labute approximate surface area is 214 Å². The van der Waals surface area contributed by atoms with Gasteiger partial charge in [0.15, 0.2) is 0 Å². The van der Waals surface area contributed by atoms with Crippen LogP contribution in [-0.2, 0) is 26.2 Å². The molecule has 2 aromatic carbocycles. The largest absolute Gasteiger partial charge is 0.497 e. The molecule has 0 aliphatic carbocycles. The van der Waals surface area contributed by atoms with E-state index in [9.17, 15) is 18.0 Å². The number of nitrogens with zero attached hydrogens (tertiary/aromatic N) is 2. The second-order valence-electron chi connectivity index (χ2n) is 8.45. The van der Waals surface area contributed by atoms with Crippen LogP contribution in [0.4, 0.5) is 5.69 Å². The van der Waals surface area contributed by atoms with E-state index >= 15 is 0 Å². The van der Waals surface area contributed by atoms with E-state index in [1.165, 1.54) is 16.3 Å². The fraction of sp³-hybridized carbons (Fsp3) is 0.462. The van der Waals surface area contributed by atoms with Gasteiger partial charge in [0.1, 0.15) is 17.5 Å². The van der Waals surface area contributed by atoms with Gasteiger partial charge in [-0.15, -0.1) is 0 Å². The first-order valence-corrected chi connectivity index (χ1v) is 13.8. The molecule has 0 radical (unpaired) electrons. The molecule has 2 aromatic rings. The molecule has 0 aromatic heterocycles. The standard InChI is InChI=1S/C26H37N3O6S/c1-6-16-27-26(31)20(2)28(19-21-11-9-12-22(18-21)34-3)25(30)15-10-17-29(36(5,32)33)23-13-7-8-14-24(23)35-4/h7-9,11-14,18,20H,6,10,15-17,19H2,1-5H3,(H,27,31)/t20-/m1/s1. The maximum absolute atomic E-state index is 13.3. The van der Waals surface area contributed by atoms with Gasteiger partial charge in [-0.25, -0.2) is 8.42 Å². The highest BCUT2D eigenvalue weighted by atomic mass is 32.2. The third-order valence-electron chi connectivity index (χ3n) is 5.71. The van der Waals surface area contributed by atoms with Crippen molar-refractivity contribution in [2.24, 2.45) is 0 Å². The lowest BCUT2D eigenvalue weighted by molar-refractivity contribution is -0.140. The van der Waals surface area contributed by atoms with Gasteiger partial charge in [-0.05, 0) is 49.6 Å². The molecular formula is C26H37N3O6S. The number of ether oxygens (including phenoxy) is 2. The maximum atomic E-state index is 13.3. The van der Waals surface area contributed by atoms with Crippen molar-refractivity contribution in [1.82, 2.24) is 10.2 Å². The van der Waals surface area contributed by atoms with Crippen molar-refractivity contribution in [3.05, 3.63) is 54.1 Å². The van der Waals surface area contributed by atoms with E-state index in [1.807, 2.05) is 31.2 Å². The normalized spacial score (nSPS) is 11.9. The summed E-state index contributed by atoms with van der Waals surface area (Å²) in [7, 11) is -0.571. The number of hydrogen-bond acceptors (Lipinski definition) is 6. The molecule has 2 amide bonds. The van der Waals surface area contributed by atoms with Crippen molar-refractivity contribution in [3.63, 3.8) is 0 Å². The topological polar surface area (TPSA) is 105 Å². The van der Waals surface area contributed by atoms with Crippen molar-refractivity contribution >= 4 is 27.5 Å². The quantitative estimate of drug-likeness (QED) is 0.411. The molecule has 36 heavy (non-hydrogen) atoms. The minimum Gasteiger partial charge on any atom is -0.497 e. The van der Waals surface area contributed by atoms with E-state index in [1.54, 1.807) is 38.3 Å². The monoisotopic (exact) mass is 519 g/mol. The first-order valence-electron chi connectivity index (χ1n) is 11.9. The molecule has 0 saturated carbocycles. The number of rotatable bonds is 14. The van der Waals surface area contributed by atoms with Crippen molar-refractivity contribution in [2.75, 3.05) is 37.9 Å². The zero-order chi connectivity index (χ0) is 26.7. The molecule has 1 atom stereocenters. The zero-order valence-electron chi connectivity index (χ0n) is 21.7. The highest BCUT2D eigenvalue weighted by Gasteiger charge is 2.27. The van der Waals surface area contributed by atoms with Crippen molar-refractivity contribution in [3.8, 4) is 11.5 Å². The lowest BCUT2D eigenvalue weighted by atomic mass is 10.1. The minimum atomic E-state index is -3.61. The van der Waals surface area contributed by atoms with Gasteiger partial charge >= 0.3 is 0 Å². The molecular weight excluding hydrogens is 482 g/mol. The molecule has 0 aliphatic heterocycles. The molecule has 2 rings (SSSR count). The molecule has 0 aliphatic rings. The number of nitrogens with one attached hydrogen (secondary N) is 1. The van der Waals surface area contributed by atoms with Crippen molar-refractivity contribution in [2.45, 2.75) is 45.7 Å². The summed E-state index contributed by atoms with van der Waals surface area (Å²) < 4.78 is 36.9. The Morgan fingerprint density at radius 1 is 1.06 bits per heavy atom. The van der Waals surface area contributed by atoms with Crippen LogP contribution in [0.3, 0.4) is 0 Å². The highest BCUT2D eigenvalue weighted by molar-refractivity contribution is 7.92. The van der Waals surface area contributed by atoms with Crippen molar-refractivity contribution in [1.29, 1.82) is 0 Å². The molecule has 0 bridgehead atoms. The summed E-state index contributed by atoms with van der Waals surface area (Å²) >= 11 is 0. The molecule has 0 spiro atoms. The predicted octanol–water partition coefficient (Wildman–Crippen LogP) is 3.19. The second kappa shape index (κ2) is 13.7. The summed E-state index contributed by atoms with van der Waals surface area (Å²) in [6, 6.07) is 13.5. The average molecular weight is 520 g/mol. The Hall–Kier alpha value is -3.27. The molecule has 0 fully saturated rings. The van der Waals surface area contributed by atoms with E-state index in [0.29, 0.717) is 23.7 Å². The van der Waals surface area contributed by atoms with Gasteiger partial charge in [-0.1, -0.05) is 31.2 Å². The van der Waals surface area contributed by atoms with Crippen LogP contribution < -0.4 is 19.1 Å². The number of anilines is 1. The Morgan fingerprint density at radius 3 is 2.42 bits per heavy atom. The lowest BCUT2D eigenvalue weighted by Crippen LogP contribution is -2.47. The van der Waals surface area contributed by atoms with E-state index < -0.39 is 16.1 Å². The van der Waals surface area contributed by atoms with Gasteiger partial charge in [-0.2, -0.15) is 0 Å². The third kappa shape index (κ3) is 8.15. The predicted molar refractivity (Wildman–Crippen MR) is 141 cm³/mol. The molecule has 9 nitrogen and oxygen atoms in total. The third-order valence-corrected chi connectivity index (χ3v) is 6.89. The number of hydrogen-bond donors (Lipinski definition) is 1. The Kier molecular flexibility index (Phi) is 11.0. The van der Waals surface area contributed by atoms with E-state index in [-0.39, 0.29) is 37.7 Å². The number of amides is 2. The fourth-order valence-corrected chi connectivity index (χ4v) is 4.73. The van der Waals surface area contributed by atoms with Crippen LogP contribution in [0.25, 0.3) is 0 Å². The molecule has 198 valence electrons. The SMILES string of the molecule is CCCNC(=O)[C@@H](C)N(Cc1cccc(OC)c1)C(=O)CCCN(c1ccccc1OC)S(C)(=O)=O. The first-order chi connectivity index (χ1) is 17.1. The van der Waals surface area contributed by atoms with Gasteiger partial charge in [-0.3, -0.25) is 13.9 Å². The van der Waals surface area contributed by atoms with Gasteiger partial charge in [0, 0.05) is 26.1 Å². The number of para-hydroxylation sites is 2. The minimum absolute atomic E-state index is 0.0660. The maximum Gasteiger partial charge on any atom is 0.242 e. The van der Waals surface area contributed by atoms with Gasteiger partial charge in [0.05, 0.1) is 26.2 Å².